The molecule has 17 rings (SSSR count). The Bertz CT molecular complexity index is 6120. The molecule has 3 heterocycles. The third kappa shape index (κ3) is 26.7. The molecule has 0 atom stereocenters. The van der Waals surface area contributed by atoms with Crippen LogP contribution in [0, 0.1) is 82.5 Å². The number of methoxy groups -OCH3 is 1. The summed E-state index contributed by atoms with van der Waals surface area (Å²) in [5.74, 6) is 0.784. The average Bonchev–Trinajstić information content (AvgIpc) is 1.61. The Labute approximate surface area is 719 Å². The minimum atomic E-state index is -0.390. The smallest absolute Gasteiger partial charge is 0.272 e. The number of aliphatic hydroxyl groups is 1. The molecule has 1 amide bonds. The van der Waals surface area contributed by atoms with Gasteiger partial charge in [0.15, 0.2) is 5.78 Å². The van der Waals surface area contributed by atoms with E-state index in [0.717, 1.165) is 78.2 Å². The van der Waals surface area contributed by atoms with Crippen molar-refractivity contribution in [3.63, 3.8) is 0 Å². The third-order valence-corrected chi connectivity index (χ3v) is 20.8. The van der Waals surface area contributed by atoms with Crippen molar-refractivity contribution in [2.24, 2.45) is 0 Å². The number of nitro groups is 2. The number of para-hydroxylation sites is 1. The van der Waals surface area contributed by atoms with E-state index in [1.165, 1.54) is 107 Å². The van der Waals surface area contributed by atoms with Gasteiger partial charge >= 0.3 is 0 Å². The molecule has 0 aliphatic heterocycles. The molecule has 0 bridgehead atoms. The van der Waals surface area contributed by atoms with Gasteiger partial charge in [-0.2, -0.15) is 0 Å². The highest BCUT2D eigenvalue weighted by Crippen LogP contribution is 2.34. The van der Waals surface area contributed by atoms with E-state index in [-0.39, 0.29) is 39.5 Å². The molecular formula is C108H100N4O9S. The fourth-order valence-corrected chi connectivity index (χ4v) is 13.6. The van der Waals surface area contributed by atoms with Crippen molar-refractivity contribution in [3.8, 4) is 83.0 Å². The second-order valence-electron chi connectivity index (χ2n) is 29.5. The number of hydrogen-bond donors (Lipinski definition) is 2. The lowest BCUT2D eigenvalue weighted by molar-refractivity contribution is -0.385. The first-order valence-electron chi connectivity index (χ1n) is 39.9. The quantitative estimate of drug-likeness (QED) is 0.0639. The summed E-state index contributed by atoms with van der Waals surface area (Å²) in [4.78, 5) is 48.1. The van der Waals surface area contributed by atoms with Crippen LogP contribution in [0.5, 0.6) is 5.75 Å². The summed E-state index contributed by atoms with van der Waals surface area (Å²) in [7, 11) is 1.61. The van der Waals surface area contributed by atoms with E-state index in [1.54, 1.807) is 62.8 Å². The number of ketones is 1. The first kappa shape index (κ1) is 89.8. The molecule has 0 fully saturated rings. The van der Waals surface area contributed by atoms with E-state index < -0.39 is 0 Å². The largest absolute Gasteiger partial charge is 0.496 e. The number of furan rings is 1. The van der Waals surface area contributed by atoms with Crippen molar-refractivity contribution in [1.82, 2.24) is 4.98 Å². The molecule has 122 heavy (non-hydrogen) atoms. The van der Waals surface area contributed by atoms with E-state index >= 15 is 0 Å². The van der Waals surface area contributed by atoms with Crippen LogP contribution < -0.4 is 10.1 Å². The molecule has 14 heteroatoms. The van der Waals surface area contributed by atoms with Crippen LogP contribution in [0.3, 0.4) is 0 Å². The summed E-state index contributed by atoms with van der Waals surface area (Å²) in [5.41, 5.74) is 29.9. The SMILES string of the molecule is CC(=O)Nc1ccc(-c2ccc(C)cc2)cc1.CC(=O)c1ccc(-c2ccc(C)cc2)cc1.COc1ccc(-c2ccc(C)cc2)cc1CO.Cc1ccc(-c2ccc(C)c([N+](=O)[O-])c2)cc1.Cc1ccc(-c2ccc([N+](=O)[O-])cc2)cc1.Cc1ccc(-c2cccs2)cc1.Cc1cccc(-c2cccnc2)c1.Cc1cccc2oc3ccccc3c12. The molecule has 0 saturated heterocycles. The minimum Gasteiger partial charge on any atom is -0.496 e. The van der Waals surface area contributed by atoms with Crippen LogP contribution in [0.15, 0.2) is 368 Å². The van der Waals surface area contributed by atoms with Gasteiger partial charge in [0.1, 0.15) is 16.9 Å². The van der Waals surface area contributed by atoms with Crippen molar-refractivity contribution in [1.29, 1.82) is 0 Å². The number of carbonyl (C=O) groups excluding carboxylic acids is 2. The number of pyridine rings is 1. The van der Waals surface area contributed by atoms with Crippen LogP contribution >= 0.6 is 11.3 Å². The lowest BCUT2D eigenvalue weighted by atomic mass is 10.0. The molecule has 14 aromatic carbocycles. The number of Topliss-reactive ketones (excluding diaryl/α,β-unsaturated/α-hetero) is 1. The highest BCUT2D eigenvalue weighted by Gasteiger charge is 2.14. The number of hydrogen-bond acceptors (Lipinski definition) is 11. The Balaban J connectivity index is 0.000000146. The lowest BCUT2D eigenvalue weighted by Gasteiger charge is -2.09. The van der Waals surface area contributed by atoms with Crippen molar-refractivity contribution < 1.29 is 33.7 Å². The summed E-state index contributed by atoms with van der Waals surface area (Å²) >= 11 is 1.78. The van der Waals surface area contributed by atoms with Crippen LogP contribution in [-0.2, 0) is 11.4 Å². The summed E-state index contributed by atoms with van der Waals surface area (Å²) in [6, 6.07) is 114. The Morgan fingerprint density at radius 1 is 0.402 bits per heavy atom. The Hall–Kier alpha value is -14.6. The molecule has 0 aliphatic rings. The predicted octanol–water partition coefficient (Wildman–Crippen LogP) is 28.8. The maximum atomic E-state index is 11.1. The van der Waals surface area contributed by atoms with Crippen LogP contribution in [0.25, 0.3) is 99.1 Å². The van der Waals surface area contributed by atoms with Crippen LogP contribution in [-0.4, -0.2) is 38.7 Å². The zero-order valence-electron chi connectivity index (χ0n) is 70.8. The van der Waals surface area contributed by atoms with Gasteiger partial charge in [-0.1, -0.05) is 306 Å². The van der Waals surface area contributed by atoms with Crippen molar-refractivity contribution in [3.05, 3.63) is 445 Å². The lowest BCUT2D eigenvalue weighted by Crippen LogP contribution is -2.05. The molecule has 0 spiro atoms. The molecule has 2 N–H and O–H groups in total. The molecule has 0 saturated carbocycles. The van der Waals surface area contributed by atoms with Crippen LogP contribution in [0.4, 0.5) is 17.1 Å². The maximum Gasteiger partial charge on any atom is 0.272 e. The summed E-state index contributed by atoms with van der Waals surface area (Å²) in [6.45, 7) is 21.4. The van der Waals surface area contributed by atoms with Crippen molar-refractivity contribution in [2.75, 3.05) is 12.4 Å². The zero-order chi connectivity index (χ0) is 87.0. The summed E-state index contributed by atoms with van der Waals surface area (Å²) < 4.78 is 10.9. The number of amides is 1. The summed E-state index contributed by atoms with van der Waals surface area (Å²) in [6.07, 6.45) is 3.67. The highest BCUT2D eigenvalue weighted by molar-refractivity contribution is 7.13. The molecule has 0 radical (unpaired) electrons. The fourth-order valence-electron chi connectivity index (χ4n) is 12.9. The minimum absolute atomic E-state index is 0.0110. The van der Waals surface area contributed by atoms with E-state index in [2.05, 4.69) is 209 Å². The molecule has 0 unspecified atom stereocenters. The molecular weight excluding hydrogens is 1530 g/mol. The van der Waals surface area contributed by atoms with Gasteiger partial charge < -0.3 is 19.6 Å². The number of aliphatic hydroxyl groups excluding tert-OH is 1. The number of fused-ring (bicyclic) bond motifs is 3. The van der Waals surface area contributed by atoms with Gasteiger partial charge in [-0.05, 0) is 213 Å². The second kappa shape index (κ2) is 44.8. The maximum absolute atomic E-state index is 11.1. The fraction of sp³-hybridized carbons (Fsp3) is 0.120. The zero-order valence-corrected chi connectivity index (χ0v) is 71.6. The number of aryl methyl sites for hydroxylation is 9. The molecule has 3 aromatic heterocycles. The van der Waals surface area contributed by atoms with Gasteiger partial charge in [-0.15, -0.1) is 11.3 Å². The Morgan fingerprint density at radius 3 is 1.27 bits per heavy atom. The van der Waals surface area contributed by atoms with Crippen molar-refractivity contribution >= 4 is 62.0 Å². The highest BCUT2D eigenvalue weighted by atomic mass is 32.1. The molecule has 13 nitrogen and oxygen atoms in total. The van der Waals surface area contributed by atoms with Gasteiger partial charge in [0, 0.05) is 75.5 Å². The van der Waals surface area contributed by atoms with Crippen molar-refractivity contribution in [2.45, 2.75) is 82.8 Å². The van der Waals surface area contributed by atoms with Crippen LogP contribution in [0.2, 0.25) is 0 Å². The van der Waals surface area contributed by atoms with E-state index in [4.69, 9.17) is 9.15 Å². The van der Waals surface area contributed by atoms with E-state index in [1.807, 2.05) is 178 Å². The number of rotatable bonds is 13. The van der Waals surface area contributed by atoms with Crippen LogP contribution in [0.1, 0.15) is 79.8 Å². The first-order valence-corrected chi connectivity index (χ1v) is 40.8. The van der Waals surface area contributed by atoms with Gasteiger partial charge in [0.05, 0.1) is 23.6 Å². The number of thiophene rings is 1. The van der Waals surface area contributed by atoms with Gasteiger partial charge in [0.25, 0.3) is 11.4 Å². The van der Waals surface area contributed by atoms with Gasteiger partial charge in [-0.25, -0.2) is 0 Å². The number of nitro benzene ring substituents is 2. The van der Waals surface area contributed by atoms with Gasteiger partial charge in [0.2, 0.25) is 5.91 Å². The number of aromatic nitrogens is 1. The molecule has 17 aromatic rings. The Morgan fingerprint density at radius 2 is 0.828 bits per heavy atom. The monoisotopic (exact) mass is 1630 g/mol. The average molecular weight is 1630 g/mol. The standard InChI is InChI=1S/C15H15NO.C15H16O2.C15H14O.C14H13NO2.C13H11NO2.C13H10O.C12H11N.C11H10S/c1-11-3-5-13(6-4-11)14-7-9-15(10-8-14)16-12(2)17;1-11-3-5-12(6-4-11)13-7-8-15(17-2)14(9-13)10-16;1-11-3-5-14(6-4-11)15-9-7-13(8-10-15)12(2)16;1-10-3-6-12(7-4-10)13-8-5-11(2)14(9-13)15(16)17;1-10-2-4-11(5-3-10)12-6-8-13(9-7-12)14(15)16;1-9-5-4-8-12-13(9)10-6-2-3-7-11(10)14-12;1-10-4-2-5-11(8-10)12-6-3-7-13-9-12;1-9-4-6-10(7-5-9)11-3-2-8-12-11/h3-10H,1-2H3,(H,16,17);3-9,16H,10H2,1-2H3;3-10H,1-2H3;3-9H,1-2H3;2-9H,1H3;2-8H,1H3;2-9H,1H3;2-8H,1H3. The number of nitrogens with zero attached hydrogens (tertiary/aromatic N) is 3. The number of ether oxygens (including phenoxy) is 1. The number of non-ortho nitro benzene ring substituents is 1. The third-order valence-electron chi connectivity index (χ3n) is 19.8. The van der Waals surface area contributed by atoms with E-state index in [0.29, 0.717) is 5.56 Å². The first-order chi connectivity index (χ1) is 58.9. The molecule has 612 valence electrons. The predicted molar refractivity (Wildman–Crippen MR) is 505 cm³/mol. The number of anilines is 1. The summed E-state index contributed by atoms with van der Waals surface area (Å²) in [5, 5.41) is 38.0. The number of nitrogens with one attached hydrogen (secondary N) is 1. The second-order valence-corrected chi connectivity index (χ2v) is 30.4. The topological polar surface area (TPSA) is 188 Å². The van der Waals surface area contributed by atoms with E-state index in [9.17, 15) is 34.9 Å². The Kier molecular flexibility index (Phi) is 33.0. The number of carbonyl (C=O) groups is 2. The normalized spacial score (nSPS) is 10.2. The number of benzene rings is 14. The van der Waals surface area contributed by atoms with Gasteiger partial charge in [-0.3, -0.25) is 34.8 Å². The molecule has 0 aliphatic carbocycles.